The van der Waals surface area contributed by atoms with E-state index in [1.165, 1.54) is 17.5 Å². The van der Waals surface area contributed by atoms with Crippen molar-refractivity contribution >= 4 is 21.2 Å². The van der Waals surface area contributed by atoms with Gasteiger partial charge in [0.1, 0.15) is 5.01 Å². The van der Waals surface area contributed by atoms with Crippen LogP contribution in [0.1, 0.15) is 10.4 Å². The molecule has 6 heteroatoms. The molecule has 11 heavy (non-hydrogen) atoms. The van der Waals surface area contributed by atoms with Gasteiger partial charge in [0.05, 0.1) is 0 Å². The van der Waals surface area contributed by atoms with E-state index in [1.807, 2.05) is 0 Å². The number of sulfone groups is 1. The molecular weight excluding hydrogens is 184 g/mol. The first kappa shape index (κ1) is 8.63. The lowest BCUT2D eigenvalue weighted by Gasteiger charge is -2.02. The van der Waals surface area contributed by atoms with Crippen LogP contribution in [0, 0.1) is 0 Å². The molecule has 0 bridgehead atoms. The predicted octanol–water partition coefficient (Wildman–Crippen LogP) is 0.469. The summed E-state index contributed by atoms with van der Waals surface area (Å²) in [6, 6.07) is 0. The highest BCUT2D eigenvalue weighted by Crippen LogP contribution is 2.18. The molecule has 1 aromatic rings. The molecule has 0 aliphatic carbocycles. The second-order valence-electron chi connectivity index (χ2n) is 2.08. The summed E-state index contributed by atoms with van der Waals surface area (Å²) in [6.07, 6.45) is 2.53. The molecule has 0 aromatic carbocycles. The van der Waals surface area contributed by atoms with Crippen LogP contribution in [-0.4, -0.2) is 19.7 Å². The third kappa shape index (κ3) is 1.98. The van der Waals surface area contributed by atoms with E-state index in [-0.39, 0.29) is 0 Å². The Morgan fingerprint density at radius 3 is 2.73 bits per heavy atom. The first-order chi connectivity index (χ1) is 5.02. The van der Waals surface area contributed by atoms with Crippen LogP contribution in [0.3, 0.4) is 0 Å². The molecule has 0 saturated heterocycles. The van der Waals surface area contributed by atoms with Gasteiger partial charge in [-0.2, -0.15) is 0 Å². The quantitative estimate of drug-likeness (QED) is 0.682. The molecule has 0 aliphatic rings. The first-order valence-corrected chi connectivity index (χ1v) is 5.64. The summed E-state index contributed by atoms with van der Waals surface area (Å²) in [5, 5.41) is 0.761. The van der Waals surface area contributed by atoms with Gasteiger partial charge in [0.15, 0.2) is 15.2 Å². The third-order valence-electron chi connectivity index (χ3n) is 1.10. The molecule has 1 N–H and O–H groups in total. The van der Waals surface area contributed by atoms with Crippen LogP contribution in [0.2, 0.25) is 0 Å². The SMILES string of the molecule is CS(=O)(=O)C([NH])c1nccs1. The second-order valence-corrected chi connectivity index (χ2v) is 5.14. The predicted molar refractivity (Wildman–Crippen MR) is 42.8 cm³/mol. The van der Waals surface area contributed by atoms with Crippen molar-refractivity contribution in [3.8, 4) is 0 Å². The van der Waals surface area contributed by atoms with Gasteiger partial charge in [-0.1, -0.05) is 0 Å². The van der Waals surface area contributed by atoms with Crippen LogP contribution < -0.4 is 5.73 Å². The summed E-state index contributed by atoms with van der Waals surface area (Å²) in [6.45, 7) is 0. The number of thiazole rings is 1. The molecule has 1 rings (SSSR count). The lowest BCUT2D eigenvalue weighted by molar-refractivity contribution is 0.588. The van der Waals surface area contributed by atoms with Crippen molar-refractivity contribution in [1.82, 2.24) is 10.7 Å². The zero-order valence-corrected chi connectivity index (χ0v) is 7.45. The van der Waals surface area contributed by atoms with Crippen LogP contribution in [0.5, 0.6) is 0 Å². The van der Waals surface area contributed by atoms with Gasteiger partial charge in [-0.3, -0.25) is 0 Å². The minimum Gasteiger partial charge on any atom is -0.247 e. The van der Waals surface area contributed by atoms with Crippen LogP contribution in [0.25, 0.3) is 0 Å². The zero-order chi connectivity index (χ0) is 8.48. The Labute approximate surface area is 69.0 Å². The lowest BCUT2D eigenvalue weighted by atomic mass is 10.7. The Hall–Kier alpha value is -0.460. The van der Waals surface area contributed by atoms with Crippen molar-refractivity contribution in [3.63, 3.8) is 0 Å². The summed E-state index contributed by atoms with van der Waals surface area (Å²) in [5.74, 6) is 0. The normalized spacial score (nSPS) is 14.7. The molecule has 61 valence electrons. The van der Waals surface area contributed by atoms with Gasteiger partial charge in [-0.25, -0.2) is 19.1 Å². The Balaban J connectivity index is 2.97. The average molecular weight is 191 g/mol. The summed E-state index contributed by atoms with van der Waals surface area (Å²) in [5.41, 5.74) is 7.24. The minimum absolute atomic E-state index is 0.326. The van der Waals surface area contributed by atoms with Gasteiger partial charge in [0.25, 0.3) is 0 Å². The van der Waals surface area contributed by atoms with E-state index in [4.69, 9.17) is 5.73 Å². The lowest BCUT2D eigenvalue weighted by Crippen LogP contribution is -2.11. The maximum atomic E-state index is 10.8. The number of nitrogens with zero attached hydrogens (tertiary/aromatic N) is 1. The monoisotopic (exact) mass is 191 g/mol. The Kier molecular flexibility index (Phi) is 2.26. The fourth-order valence-corrected chi connectivity index (χ4v) is 2.17. The molecule has 0 fully saturated rings. The van der Waals surface area contributed by atoms with Crippen LogP contribution in [0.4, 0.5) is 0 Å². The summed E-state index contributed by atoms with van der Waals surface area (Å²) in [4.78, 5) is 3.73. The van der Waals surface area contributed by atoms with E-state index in [0.29, 0.717) is 5.01 Å². The smallest absolute Gasteiger partial charge is 0.175 e. The van der Waals surface area contributed by atoms with Gasteiger partial charge < -0.3 is 0 Å². The van der Waals surface area contributed by atoms with E-state index < -0.39 is 15.2 Å². The van der Waals surface area contributed by atoms with E-state index >= 15 is 0 Å². The number of rotatable bonds is 2. The third-order valence-corrected chi connectivity index (χ3v) is 3.17. The van der Waals surface area contributed by atoms with E-state index in [9.17, 15) is 8.42 Å². The van der Waals surface area contributed by atoms with E-state index in [1.54, 1.807) is 5.38 Å². The standard InChI is InChI=1S/C5H7N2O2S2/c1-11(8,9)4(6)5-7-2-3-10-5/h2-4,6H,1H3. The minimum atomic E-state index is -3.31. The van der Waals surface area contributed by atoms with Crippen molar-refractivity contribution < 1.29 is 8.42 Å². The zero-order valence-electron chi connectivity index (χ0n) is 5.81. The van der Waals surface area contributed by atoms with Gasteiger partial charge in [-0.05, 0) is 0 Å². The van der Waals surface area contributed by atoms with Crippen molar-refractivity contribution in [2.75, 3.05) is 6.26 Å². The maximum Gasteiger partial charge on any atom is 0.175 e. The van der Waals surface area contributed by atoms with E-state index in [0.717, 1.165) is 6.26 Å². The molecule has 1 radical (unpaired) electrons. The molecule has 1 atom stereocenters. The van der Waals surface area contributed by atoms with Gasteiger partial charge in [0.2, 0.25) is 0 Å². The molecule has 4 nitrogen and oxygen atoms in total. The molecular formula is C5H7N2O2S2. The number of aromatic nitrogens is 1. The summed E-state index contributed by atoms with van der Waals surface area (Å²) in [7, 11) is -3.31. The van der Waals surface area contributed by atoms with Gasteiger partial charge in [-0.15, -0.1) is 11.3 Å². The van der Waals surface area contributed by atoms with Crippen LogP contribution in [0.15, 0.2) is 11.6 Å². The molecule has 1 aromatic heterocycles. The molecule has 0 spiro atoms. The molecule has 0 amide bonds. The van der Waals surface area contributed by atoms with Crippen LogP contribution in [-0.2, 0) is 9.84 Å². The maximum absolute atomic E-state index is 10.8. The second kappa shape index (κ2) is 2.88. The van der Waals surface area contributed by atoms with E-state index in [2.05, 4.69) is 4.98 Å². The topological polar surface area (TPSA) is 70.8 Å². The Bertz CT molecular complexity index is 316. The summed E-state index contributed by atoms with van der Waals surface area (Å²) < 4.78 is 21.6. The highest BCUT2D eigenvalue weighted by atomic mass is 32.2. The number of hydrogen-bond donors (Lipinski definition) is 0. The molecule has 1 heterocycles. The van der Waals surface area contributed by atoms with Crippen molar-refractivity contribution in [2.45, 2.75) is 5.37 Å². The number of hydrogen-bond acceptors (Lipinski definition) is 4. The number of nitrogens with one attached hydrogen (secondary N) is 1. The molecule has 0 aliphatic heterocycles. The van der Waals surface area contributed by atoms with Crippen molar-refractivity contribution in [1.29, 1.82) is 0 Å². The average Bonchev–Trinajstić information content (AvgIpc) is 2.34. The fourth-order valence-electron chi connectivity index (χ4n) is 0.547. The van der Waals surface area contributed by atoms with Gasteiger partial charge in [0, 0.05) is 17.8 Å². The first-order valence-electron chi connectivity index (χ1n) is 2.81. The Morgan fingerprint density at radius 1 is 1.73 bits per heavy atom. The summed E-state index contributed by atoms with van der Waals surface area (Å²) >= 11 is 1.18. The van der Waals surface area contributed by atoms with Gasteiger partial charge >= 0.3 is 0 Å². The van der Waals surface area contributed by atoms with Crippen molar-refractivity contribution in [2.24, 2.45) is 0 Å². The van der Waals surface area contributed by atoms with Crippen LogP contribution >= 0.6 is 11.3 Å². The highest BCUT2D eigenvalue weighted by molar-refractivity contribution is 7.91. The molecule has 1 unspecified atom stereocenters. The fraction of sp³-hybridized carbons (Fsp3) is 0.400. The Morgan fingerprint density at radius 2 is 2.36 bits per heavy atom. The molecule has 0 saturated carbocycles. The highest BCUT2D eigenvalue weighted by Gasteiger charge is 2.20. The van der Waals surface area contributed by atoms with Crippen molar-refractivity contribution in [3.05, 3.63) is 16.6 Å². The largest absolute Gasteiger partial charge is 0.247 e.